The van der Waals surface area contributed by atoms with Crippen LogP contribution in [0.4, 0.5) is 0 Å². The Hall–Kier alpha value is -0.820. The molecule has 1 aliphatic heterocycles. The number of likely N-dealkylation sites (N-methyl/N-ethyl adjacent to an activating group) is 1. The summed E-state index contributed by atoms with van der Waals surface area (Å²) in [4.78, 5) is 0. The van der Waals surface area contributed by atoms with Crippen LogP contribution in [0.1, 0.15) is 24.0 Å². The van der Waals surface area contributed by atoms with Crippen LogP contribution >= 0.6 is 0 Å². The molecule has 0 atom stereocenters. The standard InChI is InChI=1S/C14H20N/c1-15(8-4-5-9-15)14-10-12-6-2-3-7-13(12)11-14/h2-3,6-7,14H,4-5,8-11H2,1H3/q+1. The van der Waals surface area contributed by atoms with E-state index >= 15 is 0 Å². The Balaban J connectivity index is 1.84. The molecular formula is C14H20N+. The third kappa shape index (κ3) is 1.50. The molecule has 3 rings (SSSR count). The van der Waals surface area contributed by atoms with Gasteiger partial charge in [-0.05, 0) is 11.1 Å². The molecule has 1 aromatic carbocycles. The van der Waals surface area contributed by atoms with Crippen molar-refractivity contribution in [3.8, 4) is 0 Å². The average Bonchev–Trinajstić information content (AvgIpc) is 2.84. The highest BCUT2D eigenvalue weighted by molar-refractivity contribution is 5.32. The number of nitrogens with zero attached hydrogens (tertiary/aromatic N) is 1. The first-order valence-electron chi connectivity index (χ1n) is 6.19. The highest BCUT2D eigenvalue weighted by Gasteiger charge is 2.39. The molecule has 2 aliphatic rings. The van der Waals surface area contributed by atoms with Crippen molar-refractivity contribution in [1.29, 1.82) is 0 Å². The van der Waals surface area contributed by atoms with Crippen LogP contribution in [0.3, 0.4) is 0 Å². The van der Waals surface area contributed by atoms with Gasteiger partial charge in [-0.1, -0.05) is 24.3 Å². The highest BCUT2D eigenvalue weighted by Crippen LogP contribution is 2.31. The molecule has 1 aliphatic carbocycles. The Bertz CT molecular complexity index is 338. The third-order valence-electron chi connectivity index (χ3n) is 4.50. The van der Waals surface area contributed by atoms with E-state index < -0.39 is 0 Å². The fourth-order valence-corrected chi connectivity index (χ4v) is 3.40. The van der Waals surface area contributed by atoms with Gasteiger partial charge in [0.1, 0.15) is 0 Å². The van der Waals surface area contributed by atoms with Crippen LogP contribution in [0.15, 0.2) is 24.3 Å². The van der Waals surface area contributed by atoms with Crippen molar-refractivity contribution in [2.75, 3.05) is 20.1 Å². The van der Waals surface area contributed by atoms with E-state index in [0.29, 0.717) is 0 Å². The molecule has 0 N–H and O–H groups in total. The summed E-state index contributed by atoms with van der Waals surface area (Å²) in [7, 11) is 2.46. The molecule has 0 amide bonds. The van der Waals surface area contributed by atoms with Gasteiger partial charge in [-0.25, -0.2) is 0 Å². The number of rotatable bonds is 1. The molecule has 0 saturated carbocycles. The summed E-state index contributed by atoms with van der Waals surface area (Å²) in [6, 6.07) is 9.87. The van der Waals surface area contributed by atoms with E-state index in [0.717, 1.165) is 6.04 Å². The second-order valence-electron chi connectivity index (χ2n) is 5.46. The molecule has 1 aromatic rings. The predicted molar refractivity (Wildman–Crippen MR) is 62.8 cm³/mol. The lowest BCUT2D eigenvalue weighted by Gasteiger charge is -2.35. The molecule has 15 heavy (non-hydrogen) atoms. The van der Waals surface area contributed by atoms with E-state index in [-0.39, 0.29) is 0 Å². The molecule has 1 fully saturated rings. The molecule has 1 heterocycles. The monoisotopic (exact) mass is 202 g/mol. The number of hydrogen-bond donors (Lipinski definition) is 0. The summed E-state index contributed by atoms with van der Waals surface area (Å²) in [5, 5.41) is 0. The largest absolute Gasteiger partial charge is 0.323 e. The van der Waals surface area contributed by atoms with Crippen LogP contribution in [-0.2, 0) is 12.8 Å². The van der Waals surface area contributed by atoms with Crippen molar-refractivity contribution in [2.45, 2.75) is 31.7 Å². The molecule has 80 valence electrons. The molecular weight excluding hydrogens is 182 g/mol. The fourth-order valence-electron chi connectivity index (χ4n) is 3.40. The average molecular weight is 202 g/mol. The second kappa shape index (κ2) is 3.34. The predicted octanol–water partition coefficient (Wildman–Crippen LogP) is 2.39. The Labute approximate surface area is 92.3 Å². The maximum absolute atomic E-state index is 2.46. The first kappa shape index (κ1) is 9.41. The molecule has 0 spiro atoms. The number of hydrogen-bond acceptors (Lipinski definition) is 0. The van der Waals surface area contributed by atoms with Crippen LogP contribution < -0.4 is 0 Å². The van der Waals surface area contributed by atoms with Gasteiger partial charge in [-0.15, -0.1) is 0 Å². The first-order valence-corrected chi connectivity index (χ1v) is 6.19. The van der Waals surface area contributed by atoms with Crippen LogP contribution in [0.25, 0.3) is 0 Å². The van der Waals surface area contributed by atoms with Crippen molar-refractivity contribution >= 4 is 0 Å². The van der Waals surface area contributed by atoms with Gasteiger partial charge < -0.3 is 4.48 Å². The lowest BCUT2D eigenvalue weighted by atomic mass is 10.1. The number of fused-ring (bicyclic) bond motifs is 1. The molecule has 1 nitrogen and oxygen atoms in total. The molecule has 1 saturated heterocycles. The summed E-state index contributed by atoms with van der Waals surface area (Å²) in [6.07, 6.45) is 5.49. The summed E-state index contributed by atoms with van der Waals surface area (Å²) < 4.78 is 1.33. The zero-order chi connectivity index (χ0) is 10.3. The molecule has 0 unspecified atom stereocenters. The fraction of sp³-hybridized carbons (Fsp3) is 0.571. The SMILES string of the molecule is C[N+]1(C2Cc3ccccc3C2)CCCC1. The maximum Gasteiger partial charge on any atom is 0.0970 e. The summed E-state index contributed by atoms with van der Waals surface area (Å²) >= 11 is 0. The van der Waals surface area contributed by atoms with Crippen molar-refractivity contribution < 1.29 is 4.48 Å². The van der Waals surface area contributed by atoms with E-state index in [1.165, 1.54) is 43.3 Å². The van der Waals surface area contributed by atoms with Gasteiger partial charge in [-0.2, -0.15) is 0 Å². The van der Waals surface area contributed by atoms with Gasteiger partial charge in [-0.3, -0.25) is 0 Å². The van der Waals surface area contributed by atoms with Gasteiger partial charge in [0.05, 0.1) is 26.2 Å². The third-order valence-corrected chi connectivity index (χ3v) is 4.50. The normalized spacial score (nSPS) is 24.3. The van der Waals surface area contributed by atoms with Gasteiger partial charge >= 0.3 is 0 Å². The number of likely N-dealkylation sites (tertiary alicyclic amines) is 1. The van der Waals surface area contributed by atoms with Crippen molar-refractivity contribution in [1.82, 2.24) is 0 Å². The minimum absolute atomic E-state index is 0.866. The lowest BCUT2D eigenvalue weighted by molar-refractivity contribution is -0.921. The van der Waals surface area contributed by atoms with Crippen LogP contribution in [0.2, 0.25) is 0 Å². The Morgan fingerprint density at radius 2 is 1.53 bits per heavy atom. The van der Waals surface area contributed by atoms with Gasteiger partial charge in [0, 0.05) is 25.7 Å². The quantitative estimate of drug-likeness (QED) is 0.613. The van der Waals surface area contributed by atoms with Crippen LogP contribution in [0.5, 0.6) is 0 Å². The van der Waals surface area contributed by atoms with Gasteiger partial charge in [0.25, 0.3) is 0 Å². The van der Waals surface area contributed by atoms with Crippen molar-refractivity contribution in [2.24, 2.45) is 0 Å². The Morgan fingerprint density at radius 1 is 1.00 bits per heavy atom. The first-order chi connectivity index (χ1) is 7.28. The van der Waals surface area contributed by atoms with E-state index in [9.17, 15) is 0 Å². The van der Waals surface area contributed by atoms with E-state index in [4.69, 9.17) is 0 Å². The molecule has 0 radical (unpaired) electrons. The van der Waals surface area contributed by atoms with E-state index in [1.807, 2.05) is 0 Å². The smallest absolute Gasteiger partial charge is 0.0970 e. The van der Waals surface area contributed by atoms with Crippen LogP contribution in [0, 0.1) is 0 Å². The van der Waals surface area contributed by atoms with Crippen LogP contribution in [-0.4, -0.2) is 30.7 Å². The molecule has 0 bridgehead atoms. The molecule has 1 heteroatoms. The van der Waals surface area contributed by atoms with Crippen molar-refractivity contribution in [3.63, 3.8) is 0 Å². The Kier molecular flexibility index (Phi) is 2.10. The zero-order valence-corrected chi connectivity index (χ0v) is 9.58. The van der Waals surface area contributed by atoms with Gasteiger partial charge in [0.15, 0.2) is 0 Å². The molecule has 0 aromatic heterocycles. The topological polar surface area (TPSA) is 0 Å². The highest BCUT2D eigenvalue weighted by atomic mass is 15.4. The van der Waals surface area contributed by atoms with Gasteiger partial charge in [0.2, 0.25) is 0 Å². The van der Waals surface area contributed by atoms with Crippen molar-refractivity contribution in [3.05, 3.63) is 35.4 Å². The minimum Gasteiger partial charge on any atom is -0.323 e. The second-order valence-corrected chi connectivity index (χ2v) is 5.46. The maximum atomic E-state index is 2.46. The lowest BCUT2D eigenvalue weighted by Crippen LogP contribution is -2.50. The van der Waals surface area contributed by atoms with E-state index in [1.54, 1.807) is 11.1 Å². The number of benzene rings is 1. The summed E-state index contributed by atoms with van der Waals surface area (Å²) in [5.74, 6) is 0. The summed E-state index contributed by atoms with van der Waals surface area (Å²) in [6.45, 7) is 2.80. The van der Waals surface area contributed by atoms with E-state index in [2.05, 4.69) is 31.3 Å². The number of quaternary nitrogens is 1. The summed E-state index contributed by atoms with van der Waals surface area (Å²) in [5.41, 5.74) is 3.21. The Morgan fingerprint density at radius 3 is 2.07 bits per heavy atom. The zero-order valence-electron chi connectivity index (χ0n) is 9.58. The minimum atomic E-state index is 0.866.